The van der Waals surface area contributed by atoms with Crippen molar-refractivity contribution in [3.05, 3.63) is 106 Å². The lowest BCUT2D eigenvalue weighted by Gasteiger charge is -2.28. The molecular formula is C28H26Cl2N4OS. The van der Waals surface area contributed by atoms with Crippen LogP contribution in [0, 0.1) is 13.8 Å². The zero-order valence-electron chi connectivity index (χ0n) is 20.2. The highest BCUT2D eigenvalue weighted by Crippen LogP contribution is 2.44. The Bertz CT molecular complexity index is 1410. The molecule has 0 bridgehead atoms. The van der Waals surface area contributed by atoms with Crippen molar-refractivity contribution in [3.63, 3.8) is 0 Å². The Balaban J connectivity index is 1.65. The number of thiocarbonyl (C=S) groups is 1. The highest BCUT2D eigenvalue weighted by atomic mass is 35.5. The first kappa shape index (κ1) is 24.6. The summed E-state index contributed by atoms with van der Waals surface area (Å²) >= 11 is 18.7. The Morgan fingerprint density at radius 1 is 1.03 bits per heavy atom. The molecule has 0 spiro atoms. The second kappa shape index (κ2) is 10.1. The molecule has 5 nitrogen and oxygen atoms in total. The van der Waals surface area contributed by atoms with Gasteiger partial charge in [0.2, 0.25) is 0 Å². The molecule has 2 aromatic heterocycles. The van der Waals surface area contributed by atoms with Gasteiger partial charge in [-0.2, -0.15) is 0 Å². The van der Waals surface area contributed by atoms with Crippen molar-refractivity contribution in [3.8, 4) is 11.4 Å². The molecule has 0 unspecified atom stereocenters. The van der Waals surface area contributed by atoms with Crippen molar-refractivity contribution in [2.24, 2.45) is 0 Å². The number of pyridine rings is 1. The minimum Gasteiger partial charge on any atom is -0.494 e. The Morgan fingerprint density at radius 3 is 2.47 bits per heavy atom. The summed E-state index contributed by atoms with van der Waals surface area (Å²) in [7, 11) is 0. The molecule has 5 rings (SSSR count). The SMILES string of the molecule is CCOc1ccc(N2C(=S)N[C@@H](c3ccccn3)[C@H]2c2cc(C)n(-c3ccc(Cl)cc3Cl)c2C)cc1. The lowest BCUT2D eigenvalue weighted by atomic mass is 9.96. The van der Waals surface area contributed by atoms with Gasteiger partial charge in [-0.25, -0.2) is 0 Å². The normalized spacial score (nSPS) is 17.4. The molecule has 0 radical (unpaired) electrons. The van der Waals surface area contributed by atoms with Gasteiger partial charge in [-0.3, -0.25) is 4.98 Å². The van der Waals surface area contributed by atoms with Gasteiger partial charge >= 0.3 is 0 Å². The molecule has 4 aromatic rings. The fourth-order valence-electron chi connectivity index (χ4n) is 4.94. The molecule has 0 amide bonds. The van der Waals surface area contributed by atoms with Gasteiger partial charge in [-0.15, -0.1) is 0 Å². The predicted molar refractivity (Wildman–Crippen MR) is 151 cm³/mol. The fourth-order valence-corrected chi connectivity index (χ4v) is 5.78. The smallest absolute Gasteiger partial charge is 0.174 e. The molecule has 1 aliphatic heterocycles. The van der Waals surface area contributed by atoms with Gasteiger partial charge in [0.25, 0.3) is 0 Å². The van der Waals surface area contributed by atoms with Gasteiger partial charge in [0, 0.05) is 28.3 Å². The zero-order chi connectivity index (χ0) is 25.4. The molecule has 3 heterocycles. The first-order chi connectivity index (χ1) is 17.4. The van der Waals surface area contributed by atoms with E-state index in [0.717, 1.165) is 39.8 Å². The topological polar surface area (TPSA) is 42.3 Å². The van der Waals surface area contributed by atoms with Crippen LogP contribution >= 0.6 is 35.4 Å². The highest BCUT2D eigenvalue weighted by Gasteiger charge is 2.42. The molecule has 1 saturated heterocycles. The van der Waals surface area contributed by atoms with E-state index in [4.69, 9.17) is 40.2 Å². The third-order valence-corrected chi connectivity index (χ3v) is 7.32. The van der Waals surface area contributed by atoms with E-state index in [0.29, 0.717) is 21.8 Å². The number of benzene rings is 2. The second-order valence-corrected chi connectivity index (χ2v) is 9.91. The summed E-state index contributed by atoms with van der Waals surface area (Å²) in [6.07, 6.45) is 1.81. The van der Waals surface area contributed by atoms with E-state index in [1.807, 2.05) is 67.7 Å². The molecule has 0 saturated carbocycles. The van der Waals surface area contributed by atoms with E-state index in [9.17, 15) is 0 Å². The standard InChI is InChI=1S/C28H26Cl2N4OS/c1-4-35-21-11-9-20(10-12-21)34-27(26(32-28(34)36)24-7-5-6-14-31-24)22-15-17(2)33(18(22)3)25-13-8-19(29)16-23(25)30/h5-16,26-27H,4H2,1-3H3,(H,32,36)/t26-,27+/m0/s1. The average molecular weight is 538 g/mol. The Morgan fingerprint density at radius 2 is 1.81 bits per heavy atom. The largest absolute Gasteiger partial charge is 0.494 e. The van der Waals surface area contributed by atoms with Gasteiger partial charge < -0.3 is 19.5 Å². The number of halogens is 2. The summed E-state index contributed by atoms with van der Waals surface area (Å²) in [4.78, 5) is 6.83. The minimum atomic E-state index is -0.139. The van der Waals surface area contributed by atoms with Gasteiger partial charge in [0.05, 0.1) is 35.1 Å². The lowest BCUT2D eigenvalue weighted by molar-refractivity contribution is 0.340. The number of aromatic nitrogens is 2. The molecule has 2 atom stereocenters. The number of hydrogen-bond donors (Lipinski definition) is 1. The van der Waals surface area contributed by atoms with E-state index in [2.05, 4.69) is 39.7 Å². The van der Waals surface area contributed by atoms with Crippen LogP contribution in [0.2, 0.25) is 10.0 Å². The summed E-state index contributed by atoms with van der Waals surface area (Å²) in [5.41, 5.74) is 6.07. The number of hydrogen-bond acceptors (Lipinski definition) is 3. The van der Waals surface area contributed by atoms with Crippen LogP contribution in [0.4, 0.5) is 5.69 Å². The van der Waals surface area contributed by atoms with Gasteiger partial charge in [-0.05, 0) is 99.2 Å². The fraction of sp³-hybridized carbons (Fsp3) is 0.214. The van der Waals surface area contributed by atoms with E-state index < -0.39 is 0 Å². The number of aryl methyl sites for hydroxylation is 1. The zero-order valence-corrected chi connectivity index (χ0v) is 22.5. The van der Waals surface area contributed by atoms with Crippen molar-refractivity contribution in [2.75, 3.05) is 11.5 Å². The van der Waals surface area contributed by atoms with Crippen LogP contribution in [0.5, 0.6) is 5.75 Å². The second-order valence-electron chi connectivity index (χ2n) is 8.68. The predicted octanol–water partition coefficient (Wildman–Crippen LogP) is 7.37. The van der Waals surface area contributed by atoms with Gasteiger partial charge in [0.1, 0.15) is 5.75 Å². The van der Waals surface area contributed by atoms with E-state index in [-0.39, 0.29) is 12.1 Å². The van der Waals surface area contributed by atoms with Gasteiger partial charge in [-0.1, -0.05) is 29.3 Å². The van der Waals surface area contributed by atoms with Crippen LogP contribution in [0.25, 0.3) is 5.69 Å². The molecule has 184 valence electrons. The maximum absolute atomic E-state index is 6.62. The molecule has 36 heavy (non-hydrogen) atoms. The quantitative estimate of drug-likeness (QED) is 0.260. The molecule has 0 aliphatic carbocycles. The summed E-state index contributed by atoms with van der Waals surface area (Å²) in [5, 5.41) is 5.38. The monoisotopic (exact) mass is 536 g/mol. The first-order valence-electron chi connectivity index (χ1n) is 11.8. The maximum Gasteiger partial charge on any atom is 0.174 e. The third-order valence-electron chi connectivity index (χ3n) is 6.46. The van der Waals surface area contributed by atoms with Crippen molar-refractivity contribution in [1.29, 1.82) is 0 Å². The third kappa shape index (κ3) is 4.45. The van der Waals surface area contributed by atoms with E-state index >= 15 is 0 Å². The van der Waals surface area contributed by atoms with Crippen molar-refractivity contribution in [1.82, 2.24) is 14.9 Å². The number of nitrogens with zero attached hydrogens (tertiary/aromatic N) is 3. The van der Waals surface area contributed by atoms with Crippen molar-refractivity contribution >= 4 is 46.2 Å². The Labute approximate surface area is 226 Å². The van der Waals surface area contributed by atoms with Gasteiger partial charge in [0.15, 0.2) is 5.11 Å². The summed E-state index contributed by atoms with van der Waals surface area (Å²) in [6, 6.07) is 21.5. The number of ether oxygens (including phenoxy) is 1. The van der Waals surface area contributed by atoms with Crippen molar-refractivity contribution < 1.29 is 4.74 Å². The van der Waals surface area contributed by atoms with E-state index in [1.54, 1.807) is 6.07 Å². The van der Waals surface area contributed by atoms with Crippen LogP contribution in [0.3, 0.4) is 0 Å². The van der Waals surface area contributed by atoms with Crippen LogP contribution in [0.15, 0.2) is 72.9 Å². The molecule has 1 fully saturated rings. The molecule has 1 aliphatic rings. The van der Waals surface area contributed by atoms with Crippen LogP contribution < -0.4 is 15.0 Å². The first-order valence-corrected chi connectivity index (χ1v) is 12.9. The van der Waals surface area contributed by atoms with Crippen LogP contribution in [-0.2, 0) is 0 Å². The average Bonchev–Trinajstić information content (AvgIpc) is 3.36. The highest BCUT2D eigenvalue weighted by molar-refractivity contribution is 7.80. The van der Waals surface area contributed by atoms with E-state index in [1.165, 1.54) is 0 Å². The molecule has 8 heteroatoms. The lowest BCUT2D eigenvalue weighted by Crippen LogP contribution is -2.29. The molecule has 1 N–H and O–H groups in total. The number of rotatable bonds is 6. The number of nitrogens with one attached hydrogen (secondary N) is 1. The summed E-state index contributed by atoms with van der Waals surface area (Å²) in [6.45, 7) is 6.79. The maximum atomic E-state index is 6.62. The molecule has 2 aromatic carbocycles. The summed E-state index contributed by atoms with van der Waals surface area (Å²) < 4.78 is 7.82. The Hall–Kier alpha value is -3.06. The molecular weight excluding hydrogens is 511 g/mol. The number of anilines is 1. The van der Waals surface area contributed by atoms with Crippen LogP contribution in [0.1, 0.15) is 41.7 Å². The summed E-state index contributed by atoms with van der Waals surface area (Å²) in [5.74, 6) is 0.827. The minimum absolute atomic E-state index is 0.128. The van der Waals surface area contributed by atoms with Crippen molar-refractivity contribution in [2.45, 2.75) is 32.9 Å². The van der Waals surface area contributed by atoms with Crippen LogP contribution in [-0.4, -0.2) is 21.3 Å². The Kier molecular flexibility index (Phi) is 6.93.